The third-order valence-corrected chi connectivity index (χ3v) is 4.15. The lowest BCUT2D eigenvalue weighted by atomic mass is 10.1. The molecule has 0 radical (unpaired) electrons. The lowest BCUT2D eigenvalue weighted by Gasteiger charge is -2.12. The van der Waals surface area contributed by atoms with Crippen LogP contribution in [0.1, 0.15) is 39.0 Å². The number of amides is 1. The van der Waals surface area contributed by atoms with Gasteiger partial charge in [0, 0.05) is 11.6 Å². The van der Waals surface area contributed by atoms with Crippen molar-refractivity contribution in [1.82, 2.24) is 5.32 Å². The number of ether oxygens (including phenoxy) is 2. The highest BCUT2D eigenvalue weighted by molar-refractivity contribution is 5.97. The van der Waals surface area contributed by atoms with E-state index in [9.17, 15) is 9.59 Å². The van der Waals surface area contributed by atoms with E-state index in [1.165, 1.54) is 6.92 Å². The maximum atomic E-state index is 12.3. The van der Waals surface area contributed by atoms with Crippen molar-refractivity contribution in [3.05, 3.63) is 83.3 Å². The maximum Gasteiger partial charge on any atom is 0.251 e. The number of carbonyl (C=O) groups is 2. The van der Waals surface area contributed by atoms with Gasteiger partial charge < -0.3 is 19.2 Å². The Morgan fingerprint density at radius 1 is 1.07 bits per heavy atom. The van der Waals surface area contributed by atoms with Crippen LogP contribution in [-0.2, 0) is 13.2 Å². The highest BCUT2D eigenvalue weighted by Crippen LogP contribution is 2.26. The normalized spacial score (nSPS) is 10.4. The molecule has 0 bridgehead atoms. The second-order valence-corrected chi connectivity index (χ2v) is 6.17. The number of hydrogen-bond acceptors (Lipinski definition) is 5. The molecule has 144 valence electrons. The van der Waals surface area contributed by atoms with Crippen LogP contribution in [0.4, 0.5) is 0 Å². The lowest BCUT2D eigenvalue weighted by molar-refractivity contribution is 0.0947. The molecule has 0 spiro atoms. The second kappa shape index (κ2) is 8.90. The standard InChI is InChI=1S/C22H21NO5/c1-15(24)20-9-8-18(26-2)12-21(20)28-14-16-5-3-6-17(11-16)22(25)23-13-19-7-4-10-27-19/h3-12H,13-14H2,1-2H3,(H,23,25). The minimum atomic E-state index is -0.205. The number of rotatable bonds is 8. The third-order valence-electron chi connectivity index (χ3n) is 4.15. The van der Waals surface area contributed by atoms with Gasteiger partial charge in [-0.05, 0) is 48.9 Å². The van der Waals surface area contributed by atoms with Gasteiger partial charge in [-0.15, -0.1) is 0 Å². The van der Waals surface area contributed by atoms with Crippen LogP contribution < -0.4 is 14.8 Å². The summed E-state index contributed by atoms with van der Waals surface area (Å²) in [5, 5.41) is 2.81. The molecule has 0 fully saturated rings. The van der Waals surface area contributed by atoms with Crippen molar-refractivity contribution in [3.8, 4) is 11.5 Å². The zero-order chi connectivity index (χ0) is 19.9. The summed E-state index contributed by atoms with van der Waals surface area (Å²) in [6, 6.07) is 15.8. The van der Waals surface area contributed by atoms with Crippen LogP contribution in [0.5, 0.6) is 11.5 Å². The summed E-state index contributed by atoms with van der Waals surface area (Å²) in [6.07, 6.45) is 1.56. The van der Waals surface area contributed by atoms with Gasteiger partial charge in [0.15, 0.2) is 5.78 Å². The van der Waals surface area contributed by atoms with E-state index in [2.05, 4.69) is 5.32 Å². The van der Waals surface area contributed by atoms with Crippen LogP contribution >= 0.6 is 0 Å². The summed E-state index contributed by atoms with van der Waals surface area (Å²) in [5.74, 6) is 1.43. The van der Waals surface area contributed by atoms with E-state index in [-0.39, 0.29) is 18.3 Å². The Bertz CT molecular complexity index is 963. The molecule has 3 rings (SSSR count). The van der Waals surface area contributed by atoms with Crippen LogP contribution in [0.25, 0.3) is 0 Å². The first-order valence-electron chi connectivity index (χ1n) is 8.78. The Hall–Kier alpha value is -3.54. The highest BCUT2D eigenvalue weighted by atomic mass is 16.5. The summed E-state index contributed by atoms with van der Waals surface area (Å²) < 4.78 is 16.2. The monoisotopic (exact) mass is 379 g/mol. The number of ketones is 1. The van der Waals surface area contributed by atoms with Crippen LogP contribution in [0.15, 0.2) is 65.3 Å². The van der Waals surface area contributed by atoms with Crippen molar-refractivity contribution in [2.45, 2.75) is 20.1 Å². The zero-order valence-electron chi connectivity index (χ0n) is 15.7. The molecule has 0 aliphatic carbocycles. The first-order valence-corrected chi connectivity index (χ1v) is 8.78. The van der Waals surface area contributed by atoms with Gasteiger partial charge in [-0.2, -0.15) is 0 Å². The van der Waals surface area contributed by atoms with Crippen LogP contribution in [0.3, 0.4) is 0 Å². The fourth-order valence-electron chi connectivity index (χ4n) is 2.69. The molecule has 6 nitrogen and oxygen atoms in total. The van der Waals surface area contributed by atoms with Gasteiger partial charge in [0.25, 0.3) is 5.91 Å². The predicted octanol–water partition coefficient (Wildman–Crippen LogP) is 4.00. The number of benzene rings is 2. The summed E-state index contributed by atoms with van der Waals surface area (Å²) in [4.78, 5) is 24.1. The van der Waals surface area contributed by atoms with Gasteiger partial charge >= 0.3 is 0 Å². The van der Waals surface area contributed by atoms with E-state index in [1.807, 2.05) is 6.07 Å². The van der Waals surface area contributed by atoms with E-state index >= 15 is 0 Å². The fourth-order valence-corrected chi connectivity index (χ4v) is 2.69. The van der Waals surface area contributed by atoms with Crippen molar-refractivity contribution >= 4 is 11.7 Å². The molecular formula is C22H21NO5. The van der Waals surface area contributed by atoms with Gasteiger partial charge in [0.1, 0.15) is 23.9 Å². The number of carbonyl (C=O) groups excluding carboxylic acids is 2. The quantitative estimate of drug-likeness (QED) is 0.599. The topological polar surface area (TPSA) is 77.8 Å². The van der Waals surface area contributed by atoms with Crippen molar-refractivity contribution in [2.24, 2.45) is 0 Å². The number of Topliss-reactive ketones (excluding diaryl/α,β-unsaturated/α-hetero) is 1. The average molecular weight is 379 g/mol. The first-order chi connectivity index (χ1) is 13.6. The third kappa shape index (κ3) is 4.79. The number of nitrogens with one attached hydrogen (secondary N) is 1. The second-order valence-electron chi connectivity index (χ2n) is 6.17. The molecule has 1 amide bonds. The molecule has 0 saturated heterocycles. The van der Waals surface area contributed by atoms with Crippen molar-refractivity contribution in [3.63, 3.8) is 0 Å². The van der Waals surface area contributed by atoms with Gasteiger partial charge in [-0.1, -0.05) is 12.1 Å². The van der Waals surface area contributed by atoms with Crippen LogP contribution in [-0.4, -0.2) is 18.8 Å². The molecule has 6 heteroatoms. The smallest absolute Gasteiger partial charge is 0.251 e. The SMILES string of the molecule is COc1ccc(C(C)=O)c(OCc2cccc(C(=O)NCc3ccco3)c2)c1. The Balaban J connectivity index is 1.68. The molecule has 0 aliphatic heterocycles. The Morgan fingerprint density at radius 3 is 2.64 bits per heavy atom. The molecule has 0 aliphatic rings. The van der Waals surface area contributed by atoms with Gasteiger partial charge in [0.2, 0.25) is 0 Å². The van der Waals surface area contributed by atoms with Crippen molar-refractivity contribution in [2.75, 3.05) is 7.11 Å². The van der Waals surface area contributed by atoms with Gasteiger partial charge in [0.05, 0.1) is 25.5 Å². The molecule has 1 heterocycles. The van der Waals surface area contributed by atoms with Crippen LogP contribution in [0, 0.1) is 0 Å². The van der Waals surface area contributed by atoms with Crippen molar-refractivity contribution in [1.29, 1.82) is 0 Å². The lowest BCUT2D eigenvalue weighted by Crippen LogP contribution is -2.22. The summed E-state index contributed by atoms with van der Waals surface area (Å²) in [5.41, 5.74) is 1.81. The average Bonchev–Trinajstić information content (AvgIpc) is 3.24. The minimum absolute atomic E-state index is 0.0938. The molecular weight excluding hydrogens is 358 g/mol. The predicted molar refractivity (Wildman–Crippen MR) is 104 cm³/mol. The molecule has 3 aromatic rings. The highest BCUT2D eigenvalue weighted by Gasteiger charge is 2.11. The van der Waals surface area contributed by atoms with E-state index in [1.54, 1.807) is 61.9 Å². The molecule has 0 atom stereocenters. The first kappa shape index (κ1) is 19.2. The van der Waals surface area contributed by atoms with E-state index < -0.39 is 0 Å². The Morgan fingerprint density at radius 2 is 1.93 bits per heavy atom. The summed E-state index contributed by atoms with van der Waals surface area (Å²) >= 11 is 0. The number of hydrogen-bond donors (Lipinski definition) is 1. The molecule has 1 N–H and O–H groups in total. The maximum absolute atomic E-state index is 12.3. The number of methoxy groups -OCH3 is 1. The molecule has 2 aromatic carbocycles. The molecule has 0 unspecified atom stereocenters. The van der Waals surface area contributed by atoms with Crippen molar-refractivity contribution < 1.29 is 23.5 Å². The number of furan rings is 1. The zero-order valence-corrected chi connectivity index (χ0v) is 15.7. The summed E-state index contributed by atoms with van der Waals surface area (Å²) in [6.45, 7) is 2.02. The Labute approximate surface area is 163 Å². The van der Waals surface area contributed by atoms with E-state index in [4.69, 9.17) is 13.9 Å². The Kier molecular flexibility index (Phi) is 6.11. The van der Waals surface area contributed by atoms with E-state index in [0.29, 0.717) is 34.9 Å². The summed E-state index contributed by atoms with van der Waals surface area (Å²) in [7, 11) is 1.55. The fraction of sp³-hybridized carbons (Fsp3) is 0.182. The van der Waals surface area contributed by atoms with Gasteiger partial charge in [-0.3, -0.25) is 9.59 Å². The molecule has 1 aromatic heterocycles. The van der Waals surface area contributed by atoms with Crippen LogP contribution in [0.2, 0.25) is 0 Å². The molecule has 0 saturated carbocycles. The van der Waals surface area contributed by atoms with Gasteiger partial charge in [-0.25, -0.2) is 0 Å². The minimum Gasteiger partial charge on any atom is -0.497 e. The largest absolute Gasteiger partial charge is 0.497 e. The van der Waals surface area contributed by atoms with E-state index in [0.717, 1.165) is 5.56 Å². The molecule has 28 heavy (non-hydrogen) atoms.